The quantitative estimate of drug-likeness (QED) is 0.662. The number of allylic oxidation sites excluding steroid dienone is 1. The molecule has 1 nitrogen and oxygen atoms in total. The van der Waals surface area contributed by atoms with Crippen molar-refractivity contribution in [2.45, 2.75) is 39.2 Å². The molecule has 2 bridgehead atoms. The minimum atomic E-state index is 0.466. The Morgan fingerprint density at radius 1 is 0.958 bits per heavy atom. The van der Waals surface area contributed by atoms with E-state index in [4.69, 9.17) is 4.74 Å². The number of ether oxygens (including phenoxy) is 1. The molecule has 124 valence electrons. The topological polar surface area (TPSA) is 9.23 Å². The summed E-state index contributed by atoms with van der Waals surface area (Å²) in [5.74, 6) is 1.47. The van der Waals surface area contributed by atoms with E-state index in [9.17, 15) is 0 Å². The third-order valence-electron chi connectivity index (χ3n) is 5.59. The molecule has 1 fully saturated rings. The summed E-state index contributed by atoms with van der Waals surface area (Å²) in [6, 6.07) is 15.6. The molecular formula is C23H26O. The van der Waals surface area contributed by atoms with Crippen molar-refractivity contribution in [3.05, 3.63) is 71.3 Å². The molecule has 1 heteroatoms. The summed E-state index contributed by atoms with van der Waals surface area (Å²) in [6.45, 7) is 5.18. The molecule has 0 saturated heterocycles. The molecule has 0 radical (unpaired) electrons. The van der Waals surface area contributed by atoms with E-state index in [1.165, 1.54) is 40.7 Å². The fourth-order valence-corrected chi connectivity index (χ4v) is 4.19. The van der Waals surface area contributed by atoms with Gasteiger partial charge in [0.05, 0.1) is 12.7 Å². The zero-order valence-electron chi connectivity index (χ0n) is 14.7. The number of hydrogen-bond acceptors (Lipinski definition) is 1. The van der Waals surface area contributed by atoms with Crippen molar-refractivity contribution in [3.8, 4) is 11.1 Å². The number of benzene rings is 2. The Morgan fingerprint density at radius 3 is 2.46 bits per heavy atom. The van der Waals surface area contributed by atoms with Crippen LogP contribution in [0.5, 0.6) is 0 Å². The Morgan fingerprint density at radius 2 is 1.79 bits per heavy atom. The first-order chi connectivity index (χ1) is 11.7. The van der Waals surface area contributed by atoms with E-state index in [1.807, 2.05) is 0 Å². The largest absolute Gasteiger partial charge is 0.377 e. The number of fused-ring (bicyclic) bond motifs is 2. The van der Waals surface area contributed by atoms with Gasteiger partial charge in [0.15, 0.2) is 0 Å². The Kier molecular flexibility index (Phi) is 4.28. The van der Waals surface area contributed by atoms with Gasteiger partial charge in [-0.2, -0.15) is 0 Å². The minimum Gasteiger partial charge on any atom is -0.377 e. The first-order valence-electron chi connectivity index (χ1n) is 9.15. The fourth-order valence-electron chi connectivity index (χ4n) is 4.19. The number of rotatable bonds is 5. The molecule has 0 N–H and O–H groups in total. The van der Waals surface area contributed by atoms with Crippen molar-refractivity contribution < 1.29 is 4.74 Å². The van der Waals surface area contributed by atoms with Crippen LogP contribution in [0.2, 0.25) is 0 Å². The molecule has 2 aromatic carbocycles. The van der Waals surface area contributed by atoms with Gasteiger partial charge in [0, 0.05) is 5.92 Å². The molecule has 0 heterocycles. The van der Waals surface area contributed by atoms with Crippen LogP contribution in [-0.2, 0) is 11.2 Å². The van der Waals surface area contributed by atoms with Crippen LogP contribution in [0.15, 0.2) is 54.6 Å². The summed E-state index contributed by atoms with van der Waals surface area (Å²) in [5, 5.41) is 0. The lowest BCUT2D eigenvalue weighted by atomic mass is 9.97. The highest BCUT2D eigenvalue weighted by Gasteiger charge is 2.36. The van der Waals surface area contributed by atoms with Crippen molar-refractivity contribution >= 4 is 0 Å². The average molecular weight is 318 g/mol. The molecule has 0 spiro atoms. The van der Waals surface area contributed by atoms with Gasteiger partial charge in [0.2, 0.25) is 0 Å². The molecule has 3 unspecified atom stereocenters. The van der Waals surface area contributed by atoms with E-state index in [1.54, 1.807) is 0 Å². The van der Waals surface area contributed by atoms with Crippen LogP contribution in [0.1, 0.15) is 29.5 Å². The van der Waals surface area contributed by atoms with Gasteiger partial charge in [-0.25, -0.2) is 0 Å². The third kappa shape index (κ3) is 3.18. The van der Waals surface area contributed by atoms with E-state index in [2.05, 4.69) is 68.5 Å². The Labute approximate surface area is 145 Å². The van der Waals surface area contributed by atoms with E-state index in [0.29, 0.717) is 12.0 Å². The molecule has 1 saturated carbocycles. The van der Waals surface area contributed by atoms with Gasteiger partial charge in [-0.3, -0.25) is 0 Å². The third-order valence-corrected chi connectivity index (χ3v) is 5.59. The predicted octanol–water partition coefficient (Wildman–Crippen LogP) is 5.49. The minimum absolute atomic E-state index is 0.466. The standard InChI is InChI=1S/C23H26O/c1-16-3-7-20(8-4-16)22-10-6-18(13-17(22)2)11-12-24-23-15-19-5-9-21(23)14-19/h3-10,13,19,21,23H,11-12,14-15H2,1-2H3. The molecule has 0 aromatic heterocycles. The van der Waals surface area contributed by atoms with Crippen molar-refractivity contribution in [2.75, 3.05) is 6.61 Å². The molecular weight excluding hydrogens is 292 g/mol. The molecule has 4 rings (SSSR count). The maximum Gasteiger partial charge on any atom is 0.0643 e. The summed E-state index contributed by atoms with van der Waals surface area (Å²) in [4.78, 5) is 0. The highest BCUT2D eigenvalue weighted by Crippen LogP contribution is 2.40. The van der Waals surface area contributed by atoms with Crippen LogP contribution in [-0.4, -0.2) is 12.7 Å². The molecule has 2 aromatic rings. The van der Waals surface area contributed by atoms with Crippen LogP contribution in [0.3, 0.4) is 0 Å². The van der Waals surface area contributed by atoms with Crippen LogP contribution in [0.25, 0.3) is 11.1 Å². The maximum atomic E-state index is 6.16. The van der Waals surface area contributed by atoms with Crippen LogP contribution < -0.4 is 0 Å². The molecule has 3 atom stereocenters. The van der Waals surface area contributed by atoms with Crippen molar-refractivity contribution in [3.63, 3.8) is 0 Å². The van der Waals surface area contributed by atoms with E-state index in [0.717, 1.165) is 18.9 Å². The highest BCUT2D eigenvalue weighted by molar-refractivity contribution is 5.67. The van der Waals surface area contributed by atoms with Crippen LogP contribution in [0, 0.1) is 25.7 Å². The molecule has 0 amide bonds. The zero-order valence-corrected chi connectivity index (χ0v) is 14.7. The average Bonchev–Trinajstić information content (AvgIpc) is 3.19. The predicted molar refractivity (Wildman–Crippen MR) is 100 cm³/mol. The molecule has 2 aliphatic carbocycles. The lowest BCUT2D eigenvalue weighted by Crippen LogP contribution is -2.19. The zero-order chi connectivity index (χ0) is 16.5. The van der Waals surface area contributed by atoms with Gasteiger partial charge < -0.3 is 4.74 Å². The second-order valence-electron chi connectivity index (χ2n) is 7.45. The van der Waals surface area contributed by atoms with Gasteiger partial charge in [0.1, 0.15) is 0 Å². The van der Waals surface area contributed by atoms with Crippen molar-refractivity contribution in [1.82, 2.24) is 0 Å². The SMILES string of the molecule is Cc1ccc(-c2ccc(CCOC3CC4C=CC3C4)cc2C)cc1. The smallest absolute Gasteiger partial charge is 0.0643 e. The maximum absolute atomic E-state index is 6.16. The first-order valence-corrected chi connectivity index (χ1v) is 9.15. The lowest BCUT2D eigenvalue weighted by molar-refractivity contribution is 0.0386. The number of hydrogen-bond donors (Lipinski definition) is 0. The van der Waals surface area contributed by atoms with Gasteiger partial charge >= 0.3 is 0 Å². The monoisotopic (exact) mass is 318 g/mol. The van der Waals surface area contributed by atoms with Gasteiger partial charge in [0.25, 0.3) is 0 Å². The first kappa shape index (κ1) is 15.7. The van der Waals surface area contributed by atoms with Gasteiger partial charge in [-0.05, 0) is 61.3 Å². The molecule has 2 aliphatic rings. The Hall–Kier alpha value is -1.86. The van der Waals surface area contributed by atoms with Crippen LogP contribution >= 0.6 is 0 Å². The van der Waals surface area contributed by atoms with E-state index >= 15 is 0 Å². The van der Waals surface area contributed by atoms with Gasteiger partial charge in [-0.1, -0.05) is 60.2 Å². The highest BCUT2D eigenvalue weighted by atomic mass is 16.5. The molecule has 0 aliphatic heterocycles. The van der Waals surface area contributed by atoms with E-state index in [-0.39, 0.29) is 0 Å². The summed E-state index contributed by atoms with van der Waals surface area (Å²) >= 11 is 0. The Balaban J connectivity index is 1.37. The van der Waals surface area contributed by atoms with Crippen molar-refractivity contribution in [1.29, 1.82) is 0 Å². The van der Waals surface area contributed by atoms with E-state index < -0.39 is 0 Å². The van der Waals surface area contributed by atoms with Crippen molar-refractivity contribution in [2.24, 2.45) is 11.8 Å². The second-order valence-corrected chi connectivity index (χ2v) is 7.45. The van der Waals surface area contributed by atoms with Crippen LogP contribution in [0.4, 0.5) is 0 Å². The summed E-state index contributed by atoms with van der Waals surface area (Å²) < 4.78 is 6.16. The Bertz CT molecular complexity index is 741. The van der Waals surface area contributed by atoms with Gasteiger partial charge in [-0.15, -0.1) is 0 Å². The summed E-state index contributed by atoms with van der Waals surface area (Å²) in [6.07, 6.45) is 8.75. The summed E-state index contributed by atoms with van der Waals surface area (Å²) in [7, 11) is 0. The second kappa shape index (κ2) is 6.57. The number of aryl methyl sites for hydroxylation is 2. The lowest BCUT2D eigenvalue weighted by Gasteiger charge is -2.19. The molecule has 24 heavy (non-hydrogen) atoms. The summed E-state index contributed by atoms with van der Waals surface area (Å²) in [5.41, 5.74) is 6.66. The fraction of sp³-hybridized carbons (Fsp3) is 0.391. The normalized spacial score (nSPS) is 24.7.